The lowest BCUT2D eigenvalue weighted by Crippen LogP contribution is -2.22. The molecule has 1 atom stereocenters. The number of thioether (sulfide) groups is 1. The Bertz CT molecular complexity index is 1480. The third-order valence-electron chi connectivity index (χ3n) is 6.13. The fourth-order valence-electron chi connectivity index (χ4n) is 3.91. The van der Waals surface area contributed by atoms with Gasteiger partial charge in [-0.3, -0.25) is 4.79 Å². The number of nitrogens with one attached hydrogen (secondary N) is 2. The van der Waals surface area contributed by atoms with E-state index in [0.29, 0.717) is 10.3 Å². The summed E-state index contributed by atoms with van der Waals surface area (Å²) < 4.78 is 5.22. The van der Waals surface area contributed by atoms with E-state index in [1.807, 2.05) is 36.6 Å². The summed E-state index contributed by atoms with van der Waals surface area (Å²) >= 11 is 2.80. The van der Waals surface area contributed by atoms with Gasteiger partial charge < -0.3 is 15.0 Å². The molecule has 0 aliphatic heterocycles. The molecule has 2 heterocycles. The van der Waals surface area contributed by atoms with Crippen LogP contribution in [-0.2, 0) is 4.79 Å². The normalized spacial score (nSPS) is 11.8. The number of nitrogens with zero attached hydrogens (tertiary/aromatic N) is 2. The Morgan fingerprint density at radius 3 is 2.13 bits per heavy atom. The molecule has 0 saturated carbocycles. The molecule has 1 unspecified atom stereocenters. The molecule has 0 aliphatic carbocycles. The van der Waals surface area contributed by atoms with Crippen molar-refractivity contribution < 1.29 is 9.53 Å². The predicted octanol–water partition coefficient (Wildman–Crippen LogP) is 7.61. The zero-order valence-corrected chi connectivity index (χ0v) is 23.2. The summed E-state index contributed by atoms with van der Waals surface area (Å²) in [5.41, 5.74) is 8.05. The largest absolute Gasteiger partial charge is 0.497 e. The molecule has 0 spiro atoms. The number of imidazole rings is 1. The maximum atomic E-state index is 13.0. The number of rotatable bonds is 8. The first-order valence-electron chi connectivity index (χ1n) is 12.2. The van der Waals surface area contributed by atoms with Crippen LogP contribution in [0.25, 0.3) is 33.8 Å². The number of aromatic amines is 1. The topological polar surface area (TPSA) is 79.9 Å². The maximum Gasteiger partial charge on any atom is 0.239 e. The van der Waals surface area contributed by atoms with E-state index in [-0.39, 0.29) is 11.2 Å². The lowest BCUT2D eigenvalue weighted by atomic mass is 10.0. The molecule has 2 aromatic heterocycles. The van der Waals surface area contributed by atoms with Gasteiger partial charge in [-0.25, -0.2) is 9.97 Å². The van der Waals surface area contributed by atoms with Gasteiger partial charge in [-0.15, -0.1) is 11.3 Å². The number of thiazole rings is 1. The zero-order valence-electron chi connectivity index (χ0n) is 21.6. The Hall–Kier alpha value is -3.88. The van der Waals surface area contributed by atoms with Crippen molar-refractivity contribution in [3.05, 3.63) is 89.3 Å². The molecule has 0 fully saturated rings. The van der Waals surface area contributed by atoms with Crippen LogP contribution in [0.15, 0.2) is 83.3 Å². The molecule has 1 amide bonds. The predicted molar refractivity (Wildman–Crippen MR) is 157 cm³/mol. The van der Waals surface area contributed by atoms with Crippen LogP contribution in [0.2, 0.25) is 0 Å². The Morgan fingerprint density at radius 1 is 0.895 bits per heavy atom. The maximum absolute atomic E-state index is 13.0. The fraction of sp³-hybridized carbons (Fsp3) is 0.167. The number of carbonyl (C=O) groups excluding carboxylic acids is 1. The van der Waals surface area contributed by atoms with Crippen LogP contribution in [0.3, 0.4) is 0 Å². The summed E-state index contributed by atoms with van der Waals surface area (Å²) in [6.07, 6.45) is 0. The molecule has 5 rings (SSSR count). The minimum absolute atomic E-state index is 0.129. The summed E-state index contributed by atoms with van der Waals surface area (Å²) in [7, 11) is 1.64. The number of amides is 1. The second-order valence-electron chi connectivity index (χ2n) is 9.01. The third-order valence-corrected chi connectivity index (χ3v) is 7.87. The van der Waals surface area contributed by atoms with Gasteiger partial charge in [0, 0.05) is 22.1 Å². The van der Waals surface area contributed by atoms with Crippen LogP contribution in [0.1, 0.15) is 18.1 Å². The van der Waals surface area contributed by atoms with Crippen molar-refractivity contribution in [1.29, 1.82) is 0 Å². The lowest BCUT2D eigenvalue weighted by molar-refractivity contribution is -0.115. The van der Waals surface area contributed by atoms with Crippen molar-refractivity contribution in [3.8, 4) is 39.5 Å². The van der Waals surface area contributed by atoms with E-state index >= 15 is 0 Å². The SMILES string of the molecule is COc1ccc(-c2csc(NC(=O)C(C)Sc3nc(-c4ccc(C)cc4)c(-c4ccc(C)cc4)[nH]3)n2)cc1. The monoisotopic (exact) mass is 540 g/mol. The van der Waals surface area contributed by atoms with Gasteiger partial charge in [0.15, 0.2) is 10.3 Å². The van der Waals surface area contributed by atoms with Crippen LogP contribution in [-0.4, -0.2) is 33.2 Å². The van der Waals surface area contributed by atoms with Gasteiger partial charge in [0.25, 0.3) is 0 Å². The second kappa shape index (κ2) is 11.2. The minimum atomic E-state index is -0.383. The second-order valence-corrected chi connectivity index (χ2v) is 11.2. The van der Waals surface area contributed by atoms with E-state index in [9.17, 15) is 4.79 Å². The van der Waals surface area contributed by atoms with Crippen molar-refractivity contribution in [3.63, 3.8) is 0 Å². The van der Waals surface area contributed by atoms with Gasteiger partial charge in [0.2, 0.25) is 5.91 Å². The molecule has 0 saturated heterocycles. The summed E-state index contributed by atoms with van der Waals surface area (Å²) in [6, 6.07) is 24.4. The van der Waals surface area contributed by atoms with Gasteiger partial charge in [0.05, 0.1) is 29.4 Å². The first-order chi connectivity index (χ1) is 18.4. The smallest absolute Gasteiger partial charge is 0.239 e. The van der Waals surface area contributed by atoms with Crippen LogP contribution in [0, 0.1) is 13.8 Å². The number of ether oxygens (including phenoxy) is 1. The number of hydrogen-bond donors (Lipinski definition) is 2. The van der Waals surface area contributed by atoms with Crippen molar-refractivity contribution in [1.82, 2.24) is 15.0 Å². The number of hydrogen-bond acceptors (Lipinski definition) is 6. The van der Waals surface area contributed by atoms with Crippen molar-refractivity contribution in [2.75, 3.05) is 12.4 Å². The van der Waals surface area contributed by atoms with E-state index in [1.54, 1.807) is 7.11 Å². The van der Waals surface area contributed by atoms with Crippen LogP contribution in [0.5, 0.6) is 5.75 Å². The van der Waals surface area contributed by atoms with Gasteiger partial charge in [-0.05, 0) is 45.0 Å². The van der Waals surface area contributed by atoms with Gasteiger partial charge in [-0.2, -0.15) is 0 Å². The number of H-pyrrole nitrogens is 1. The number of carbonyl (C=O) groups is 1. The van der Waals surface area contributed by atoms with Crippen LogP contribution in [0.4, 0.5) is 5.13 Å². The number of anilines is 1. The molecular weight excluding hydrogens is 512 g/mol. The first kappa shape index (κ1) is 25.8. The molecule has 6 nitrogen and oxygen atoms in total. The van der Waals surface area contributed by atoms with Crippen molar-refractivity contribution >= 4 is 34.1 Å². The number of aromatic nitrogens is 3. The Kier molecular flexibility index (Phi) is 7.62. The average Bonchev–Trinajstić information content (AvgIpc) is 3.57. The third kappa shape index (κ3) is 5.82. The molecule has 0 radical (unpaired) electrons. The quantitative estimate of drug-likeness (QED) is 0.198. The van der Waals surface area contributed by atoms with E-state index in [4.69, 9.17) is 9.72 Å². The highest BCUT2D eigenvalue weighted by Crippen LogP contribution is 2.34. The van der Waals surface area contributed by atoms with Crippen molar-refractivity contribution in [2.45, 2.75) is 31.2 Å². The van der Waals surface area contributed by atoms with Crippen LogP contribution >= 0.6 is 23.1 Å². The summed E-state index contributed by atoms with van der Waals surface area (Å²) in [6.45, 7) is 6.01. The van der Waals surface area contributed by atoms with Crippen LogP contribution < -0.4 is 10.1 Å². The molecule has 192 valence electrons. The van der Waals surface area contributed by atoms with Crippen molar-refractivity contribution in [2.24, 2.45) is 0 Å². The van der Waals surface area contributed by atoms with Gasteiger partial charge >= 0.3 is 0 Å². The van der Waals surface area contributed by atoms with Gasteiger partial charge in [0.1, 0.15) is 5.75 Å². The summed E-state index contributed by atoms with van der Waals surface area (Å²) in [5.74, 6) is 0.660. The van der Waals surface area contributed by atoms with Gasteiger partial charge in [-0.1, -0.05) is 71.4 Å². The number of methoxy groups -OCH3 is 1. The number of aryl methyl sites for hydroxylation is 2. The first-order valence-corrected chi connectivity index (χ1v) is 14.0. The van der Waals surface area contributed by atoms with E-state index in [1.165, 1.54) is 34.2 Å². The standard InChI is InChI=1S/C30H28N4O2S2/c1-18-5-9-22(10-6-18)26-27(23-11-7-19(2)8-12-23)33-30(32-26)38-20(3)28(35)34-29-31-25(17-37-29)21-13-15-24(36-4)16-14-21/h5-17,20H,1-4H3,(H,32,33)(H,31,34,35). The Morgan fingerprint density at radius 2 is 1.50 bits per heavy atom. The van der Waals surface area contributed by atoms with E-state index in [2.05, 4.69) is 77.7 Å². The molecule has 3 aromatic carbocycles. The molecule has 0 bridgehead atoms. The molecule has 0 aliphatic rings. The molecule has 8 heteroatoms. The highest BCUT2D eigenvalue weighted by atomic mass is 32.2. The molecular formula is C30H28N4O2S2. The highest BCUT2D eigenvalue weighted by molar-refractivity contribution is 8.00. The molecule has 38 heavy (non-hydrogen) atoms. The Labute approximate surface area is 230 Å². The molecule has 5 aromatic rings. The summed E-state index contributed by atoms with van der Waals surface area (Å²) in [4.78, 5) is 26.0. The average molecular weight is 541 g/mol. The minimum Gasteiger partial charge on any atom is -0.497 e. The lowest BCUT2D eigenvalue weighted by Gasteiger charge is -2.08. The Balaban J connectivity index is 1.33. The van der Waals surface area contributed by atoms with E-state index in [0.717, 1.165) is 39.5 Å². The zero-order chi connectivity index (χ0) is 26.6. The van der Waals surface area contributed by atoms with E-state index < -0.39 is 0 Å². The molecule has 2 N–H and O–H groups in total. The highest BCUT2D eigenvalue weighted by Gasteiger charge is 2.21. The summed E-state index contributed by atoms with van der Waals surface area (Å²) in [5, 5.41) is 5.76. The fourth-order valence-corrected chi connectivity index (χ4v) is 5.44. The number of benzene rings is 3.